The van der Waals surface area contributed by atoms with Gasteiger partial charge in [0.15, 0.2) is 0 Å². The van der Waals surface area contributed by atoms with E-state index in [2.05, 4.69) is 25.7 Å². The summed E-state index contributed by atoms with van der Waals surface area (Å²) in [5.74, 6) is 0. The highest BCUT2D eigenvalue weighted by atomic mass is 14.8. The smallest absolute Gasteiger partial charge is 0.00468 e. The fourth-order valence-corrected chi connectivity index (χ4v) is 1.66. The molecule has 0 amide bonds. The Labute approximate surface area is 90.0 Å². The van der Waals surface area contributed by atoms with Gasteiger partial charge in [0.05, 0.1) is 0 Å². The summed E-state index contributed by atoms with van der Waals surface area (Å²) in [4.78, 5) is 0. The molecule has 0 saturated heterocycles. The van der Waals surface area contributed by atoms with Gasteiger partial charge in [0.25, 0.3) is 0 Å². The molecule has 1 N–H and O–H groups in total. The molecule has 0 aliphatic carbocycles. The summed E-state index contributed by atoms with van der Waals surface area (Å²) in [6, 6.07) is 0. The van der Waals surface area contributed by atoms with E-state index in [0.717, 1.165) is 6.54 Å². The normalized spacial score (nSPS) is 11.6. The maximum absolute atomic E-state index is 3.74. The van der Waals surface area contributed by atoms with Gasteiger partial charge >= 0.3 is 0 Å². The third-order valence-electron chi connectivity index (χ3n) is 2.81. The van der Waals surface area contributed by atoms with Gasteiger partial charge in [-0.25, -0.2) is 0 Å². The van der Waals surface area contributed by atoms with Crippen molar-refractivity contribution in [3.05, 3.63) is 12.7 Å². The van der Waals surface area contributed by atoms with E-state index in [0.29, 0.717) is 5.41 Å². The quantitative estimate of drug-likeness (QED) is 0.438. The molecule has 0 rings (SSSR count). The summed E-state index contributed by atoms with van der Waals surface area (Å²) in [5.41, 5.74) is 0.511. The first-order valence-corrected chi connectivity index (χ1v) is 5.88. The average Bonchev–Trinajstić information content (AvgIpc) is 2.15. The van der Waals surface area contributed by atoms with Gasteiger partial charge in [0, 0.05) is 0 Å². The number of nitrogens with one attached hydrogen (secondary N) is 1. The minimum absolute atomic E-state index is 0.511. The van der Waals surface area contributed by atoms with E-state index in [-0.39, 0.29) is 0 Å². The van der Waals surface area contributed by atoms with Crippen LogP contribution < -0.4 is 5.32 Å². The standard InChI is InChI=1S/C13H27N/c1-5-6-7-8-9-10-13(2,3)11-12-14-4/h5,14H,1,6-12H2,2-4H3. The minimum atomic E-state index is 0.511. The van der Waals surface area contributed by atoms with Crippen LogP contribution in [0.3, 0.4) is 0 Å². The number of allylic oxidation sites excluding steroid dienone is 1. The highest BCUT2D eigenvalue weighted by molar-refractivity contribution is 4.70. The lowest BCUT2D eigenvalue weighted by Crippen LogP contribution is -2.19. The molecule has 14 heavy (non-hydrogen) atoms. The molecule has 0 aromatic rings. The van der Waals surface area contributed by atoms with Crippen molar-refractivity contribution in [1.29, 1.82) is 0 Å². The number of rotatable bonds is 9. The first-order valence-electron chi connectivity index (χ1n) is 5.88. The van der Waals surface area contributed by atoms with Gasteiger partial charge in [-0.15, -0.1) is 6.58 Å². The summed E-state index contributed by atoms with van der Waals surface area (Å²) in [7, 11) is 2.03. The summed E-state index contributed by atoms with van der Waals surface area (Å²) >= 11 is 0. The highest BCUT2D eigenvalue weighted by Gasteiger charge is 2.15. The molecular formula is C13H27N. The molecule has 84 valence electrons. The van der Waals surface area contributed by atoms with Crippen LogP contribution in [-0.2, 0) is 0 Å². The molecule has 0 heterocycles. The molecule has 0 atom stereocenters. The van der Waals surface area contributed by atoms with Crippen molar-refractivity contribution >= 4 is 0 Å². The number of unbranched alkanes of at least 4 members (excludes halogenated alkanes) is 3. The Hall–Kier alpha value is -0.300. The van der Waals surface area contributed by atoms with E-state index in [1.54, 1.807) is 0 Å². The molecule has 0 aromatic heterocycles. The van der Waals surface area contributed by atoms with E-state index < -0.39 is 0 Å². The van der Waals surface area contributed by atoms with Crippen LogP contribution in [0.25, 0.3) is 0 Å². The molecule has 0 saturated carbocycles. The van der Waals surface area contributed by atoms with Crippen LogP contribution in [0.4, 0.5) is 0 Å². The van der Waals surface area contributed by atoms with Gasteiger partial charge in [0.2, 0.25) is 0 Å². The summed E-state index contributed by atoms with van der Waals surface area (Å²) in [6.45, 7) is 9.62. The van der Waals surface area contributed by atoms with Crippen molar-refractivity contribution in [2.24, 2.45) is 5.41 Å². The Balaban J connectivity index is 3.39. The lowest BCUT2D eigenvalue weighted by molar-refractivity contribution is 0.293. The van der Waals surface area contributed by atoms with Crippen molar-refractivity contribution in [2.75, 3.05) is 13.6 Å². The van der Waals surface area contributed by atoms with Crippen molar-refractivity contribution in [3.63, 3.8) is 0 Å². The van der Waals surface area contributed by atoms with Gasteiger partial charge in [-0.1, -0.05) is 32.8 Å². The molecule has 0 spiro atoms. The van der Waals surface area contributed by atoms with Gasteiger partial charge < -0.3 is 5.32 Å². The summed E-state index contributed by atoms with van der Waals surface area (Å²) in [6.07, 6.45) is 9.87. The zero-order valence-corrected chi connectivity index (χ0v) is 10.2. The molecular weight excluding hydrogens is 170 g/mol. The largest absolute Gasteiger partial charge is 0.320 e. The van der Waals surface area contributed by atoms with Gasteiger partial charge in [-0.2, -0.15) is 0 Å². The van der Waals surface area contributed by atoms with Crippen LogP contribution in [0.5, 0.6) is 0 Å². The predicted octanol–water partition coefficient (Wildman–Crippen LogP) is 3.76. The number of hydrogen-bond donors (Lipinski definition) is 1. The Morgan fingerprint density at radius 1 is 1.14 bits per heavy atom. The molecule has 0 aromatic carbocycles. The van der Waals surface area contributed by atoms with E-state index in [9.17, 15) is 0 Å². The molecule has 0 radical (unpaired) electrons. The highest BCUT2D eigenvalue weighted by Crippen LogP contribution is 2.27. The zero-order chi connectivity index (χ0) is 10.9. The number of hydrogen-bond acceptors (Lipinski definition) is 1. The molecule has 0 aliphatic heterocycles. The van der Waals surface area contributed by atoms with Gasteiger partial charge in [-0.3, -0.25) is 0 Å². The monoisotopic (exact) mass is 197 g/mol. The predicted molar refractivity (Wildman–Crippen MR) is 65.6 cm³/mol. The topological polar surface area (TPSA) is 12.0 Å². The van der Waals surface area contributed by atoms with Crippen molar-refractivity contribution in [3.8, 4) is 0 Å². The lowest BCUT2D eigenvalue weighted by atomic mass is 9.83. The molecule has 1 nitrogen and oxygen atoms in total. The van der Waals surface area contributed by atoms with Crippen LogP contribution in [0.1, 0.15) is 52.4 Å². The van der Waals surface area contributed by atoms with Crippen molar-refractivity contribution in [1.82, 2.24) is 5.32 Å². The second-order valence-electron chi connectivity index (χ2n) is 4.91. The fourth-order valence-electron chi connectivity index (χ4n) is 1.66. The Morgan fingerprint density at radius 3 is 2.43 bits per heavy atom. The zero-order valence-electron chi connectivity index (χ0n) is 10.2. The van der Waals surface area contributed by atoms with Crippen LogP contribution in [0.15, 0.2) is 12.7 Å². The average molecular weight is 197 g/mol. The Bertz CT molecular complexity index is 138. The van der Waals surface area contributed by atoms with Crippen LogP contribution in [0, 0.1) is 5.41 Å². The second-order valence-corrected chi connectivity index (χ2v) is 4.91. The maximum atomic E-state index is 3.74. The second kappa shape index (κ2) is 8.05. The molecule has 0 bridgehead atoms. The Kier molecular flexibility index (Phi) is 7.87. The van der Waals surface area contributed by atoms with Crippen LogP contribution in [0.2, 0.25) is 0 Å². The van der Waals surface area contributed by atoms with Crippen molar-refractivity contribution in [2.45, 2.75) is 52.4 Å². The first-order chi connectivity index (χ1) is 6.62. The van der Waals surface area contributed by atoms with E-state index in [1.807, 2.05) is 13.1 Å². The third-order valence-corrected chi connectivity index (χ3v) is 2.81. The molecule has 0 unspecified atom stereocenters. The molecule has 0 fully saturated rings. The lowest BCUT2D eigenvalue weighted by Gasteiger charge is -2.24. The van der Waals surface area contributed by atoms with Gasteiger partial charge in [-0.05, 0) is 44.7 Å². The Morgan fingerprint density at radius 2 is 1.86 bits per heavy atom. The summed E-state index contributed by atoms with van der Waals surface area (Å²) < 4.78 is 0. The van der Waals surface area contributed by atoms with E-state index >= 15 is 0 Å². The van der Waals surface area contributed by atoms with E-state index in [4.69, 9.17) is 0 Å². The van der Waals surface area contributed by atoms with Crippen LogP contribution >= 0.6 is 0 Å². The maximum Gasteiger partial charge on any atom is -0.00468 e. The summed E-state index contributed by atoms with van der Waals surface area (Å²) in [5, 5.41) is 3.22. The fraction of sp³-hybridized carbons (Fsp3) is 0.846. The first kappa shape index (κ1) is 13.7. The SMILES string of the molecule is C=CCCCCCC(C)(C)CCNC. The van der Waals surface area contributed by atoms with Crippen molar-refractivity contribution < 1.29 is 0 Å². The van der Waals surface area contributed by atoms with Gasteiger partial charge in [0.1, 0.15) is 0 Å². The molecule has 1 heteroatoms. The van der Waals surface area contributed by atoms with Crippen LogP contribution in [-0.4, -0.2) is 13.6 Å². The minimum Gasteiger partial charge on any atom is -0.320 e. The third kappa shape index (κ3) is 8.31. The van der Waals surface area contributed by atoms with E-state index in [1.165, 1.54) is 38.5 Å². The molecule has 0 aliphatic rings.